The van der Waals surface area contributed by atoms with E-state index in [1.54, 1.807) is 12.4 Å². The molecular formula is C19H24N4O2. The van der Waals surface area contributed by atoms with Gasteiger partial charge in [-0.3, -0.25) is 14.7 Å². The molecule has 132 valence electrons. The van der Waals surface area contributed by atoms with E-state index in [4.69, 9.17) is 4.74 Å². The Morgan fingerprint density at radius 2 is 2.32 bits per heavy atom. The Bertz CT molecular complexity index is 687. The van der Waals surface area contributed by atoms with Crippen molar-refractivity contribution >= 4 is 11.7 Å². The molecule has 6 nitrogen and oxygen atoms in total. The van der Waals surface area contributed by atoms with Crippen molar-refractivity contribution in [2.75, 3.05) is 25.0 Å². The fourth-order valence-electron chi connectivity index (χ4n) is 3.00. The molecule has 2 heterocycles. The fraction of sp³-hybridized carbons (Fsp3) is 0.421. The zero-order chi connectivity index (χ0) is 17.5. The van der Waals surface area contributed by atoms with Gasteiger partial charge in [-0.15, -0.1) is 0 Å². The Labute approximate surface area is 148 Å². The summed E-state index contributed by atoms with van der Waals surface area (Å²) in [5, 5.41) is 2.77. The summed E-state index contributed by atoms with van der Waals surface area (Å²) in [5.41, 5.74) is 1.74. The first kappa shape index (κ1) is 17.5. The van der Waals surface area contributed by atoms with Crippen LogP contribution in [0.25, 0.3) is 0 Å². The second kappa shape index (κ2) is 8.69. The molecule has 1 saturated heterocycles. The molecule has 1 fully saturated rings. The highest BCUT2D eigenvalue weighted by molar-refractivity contribution is 6.03. The number of anilines is 1. The zero-order valence-corrected chi connectivity index (χ0v) is 14.5. The Hall–Kier alpha value is -2.31. The van der Waals surface area contributed by atoms with Crippen LogP contribution in [0.3, 0.4) is 0 Å². The van der Waals surface area contributed by atoms with E-state index in [9.17, 15) is 4.79 Å². The summed E-state index contributed by atoms with van der Waals surface area (Å²) in [4.78, 5) is 22.8. The summed E-state index contributed by atoms with van der Waals surface area (Å²) < 4.78 is 5.73. The van der Waals surface area contributed by atoms with E-state index in [1.807, 2.05) is 18.2 Å². The van der Waals surface area contributed by atoms with Gasteiger partial charge in [0.25, 0.3) is 5.91 Å². The van der Waals surface area contributed by atoms with Crippen molar-refractivity contribution in [2.24, 2.45) is 0 Å². The highest BCUT2D eigenvalue weighted by Crippen LogP contribution is 2.16. The standard InChI is InChI=1S/C19H24N4O2/c1-2-23(14-17-7-4-10-25-17)13-15-5-3-6-16(11-15)19(24)22-18-12-20-8-9-21-18/h3,5-6,8-9,11-12,17H,2,4,7,10,13-14H2,1H3,(H,21,22,24)/t17-/m0/s1. The number of likely N-dealkylation sites (N-methyl/N-ethyl adjacent to an activating group) is 1. The van der Waals surface area contributed by atoms with Crippen molar-refractivity contribution in [3.63, 3.8) is 0 Å². The van der Waals surface area contributed by atoms with Crippen LogP contribution in [0.1, 0.15) is 35.7 Å². The first-order chi connectivity index (χ1) is 12.2. The summed E-state index contributed by atoms with van der Waals surface area (Å²) >= 11 is 0. The number of hydrogen-bond donors (Lipinski definition) is 1. The number of nitrogens with zero attached hydrogens (tertiary/aromatic N) is 3. The minimum Gasteiger partial charge on any atom is -0.377 e. The first-order valence-electron chi connectivity index (χ1n) is 8.75. The van der Waals surface area contributed by atoms with E-state index in [-0.39, 0.29) is 5.91 Å². The lowest BCUT2D eigenvalue weighted by Gasteiger charge is -2.23. The number of benzene rings is 1. The van der Waals surface area contributed by atoms with Crippen molar-refractivity contribution in [2.45, 2.75) is 32.4 Å². The molecule has 0 aliphatic carbocycles. The molecule has 1 aromatic heterocycles. The maximum absolute atomic E-state index is 12.4. The lowest BCUT2D eigenvalue weighted by Crippen LogP contribution is -2.31. The molecule has 25 heavy (non-hydrogen) atoms. The third-order valence-electron chi connectivity index (χ3n) is 4.33. The van der Waals surface area contributed by atoms with Crippen molar-refractivity contribution in [1.82, 2.24) is 14.9 Å². The highest BCUT2D eigenvalue weighted by Gasteiger charge is 2.18. The van der Waals surface area contributed by atoms with Crippen molar-refractivity contribution < 1.29 is 9.53 Å². The van der Waals surface area contributed by atoms with Crippen molar-refractivity contribution in [3.8, 4) is 0 Å². The number of aromatic nitrogens is 2. The van der Waals surface area contributed by atoms with Crippen LogP contribution >= 0.6 is 0 Å². The molecule has 1 aromatic carbocycles. The summed E-state index contributed by atoms with van der Waals surface area (Å²) in [6.45, 7) is 5.73. The van der Waals surface area contributed by atoms with Crippen LogP contribution in [0.2, 0.25) is 0 Å². The van der Waals surface area contributed by atoms with E-state index in [2.05, 4.69) is 33.2 Å². The topological polar surface area (TPSA) is 67.4 Å². The molecule has 1 atom stereocenters. The first-order valence-corrected chi connectivity index (χ1v) is 8.75. The minimum atomic E-state index is -0.176. The van der Waals surface area contributed by atoms with Gasteiger partial charge in [0.2, 0.25) is 0 Å². The van der Waals surface area contributed by atoms with Crippen LogP contribution in [-0.2, 0) is 11.3 Å². The number of rotatable bonds is 7. The molecular weight excluding hydrogens is 316 g/mol. The van der Waals surface area contributed by atoms with Gasteiger partial charge in [0.1, 0.15) is 0 Å². The van der Waals surface area contributed by atoms with Gasteiger partial charge in [0, 0.05) is 37.7 Å². The number of hydrogen-bond acceptors (Lipinski definition) is 5. The third-order valence-corrected chi connectivity index (χ3v) is 4.33. The van der Waals surface area contributed by atoms with Crippen LogP contribution in [0, 0.1) is 0 Å². The second-order valence-electron chi connectivity index (χ2n) is 6.21. The molecule has 1 aliphatic heterocycles. The van der Waals surface area contributed by atoms with Crippen LogP contribution in [0.15, 0.2) is 42.9 Å². The maximum Gasteiger partial charge on any atom is 0.256 e. The number of ether oxygens (including phenoxy) is 1. The molecule has 0 bridgehead atoms. The average Bonchev–Trinajstić information content (AvgIpc) is 3.15. The van der Waals surface area contributed by atoms with E-state index in [0.29, 0.717) is 17.5 Å². The van der Waals surface area contributed by atoms with E-state index in [1.165, 1.54) is 6.20 Å². The number of nitrogens with one attached hydrogen (secondary N) is 1. The zero-order valence-electron chi connectivity index (χ0n) is 14.5. The van der Waals surface area contributed by atoms with Gasteiger partial charge in [-0.05, 0) is 37.1 Å². The average molecular weight is 340 g/mol. The van der Waals surface area contributed by atoms with E-state index < -0.39 is 0 Å². The largest absolute Gasteiger partial charge is 0.377 e. The summed E-state index contributed by atoms with van der Waals surface area (Å²) in [6, 6.07) is 7.72. The minimum absolute atomic E-state index is 0.176. The summed E-state index contributed by atoms with van der Waals surface area (Å²) in [5.74, 6) is 0.274. The van der Waals surface area contributed by atoms with Gasteiger partial charge in [0.15, 0.2) is 5.82 Å². The summed E-state index contributed by atoms with van der Waals surface area (Å²) in [6.07, 6.45) is 7.28. The second-order valence-corrected chi connectivity index (χ2v) is 6.21. The maximum atomic E-state index is 12.4. The Morgan fingerprint density at radius 1 is 1.40 bits per heavy atom. The molecule has 0 spiro atoms. The fourth-order valence-corrected chi connectivity index (χ4v) is 3.00. The molecule has 1 amide bonds. The van der Waals surface area contributed by atoms with Gasteiger partial charge in [-0.1, -0.05) is 19.1 Å². The normalized spacial score (nSPS) is 17.0. The van der Waals surface area contributed by atoms with E-state index in [0.717, 1.165) is 44.6 Å². The predicted octanol–water partition coefficient (Wildman–Crippen LogP) is 2.73. The molecule has 6 heteroatoms. The molecule has 1 N–H and O–H groups in total. The molecule has 0 unspecified atom stereocenters. The Morgan fingerprint density at radius 3 is 3.04 bits per heavy atom. The molecule has 3 rings (SSSR count). The highest BCUT2D eigenvalue weighted by atomic mass is 16.5. The van der Waals surface area contributed by atoms with Crippen LogP contribution in [-0.4, -0.2) is 46.6 Å². The van der Waals surface area contributed by atoms with Gasteiger partial charge < -0.3 is 10.1 Å². The van der Waals surface area contributed by atoms with Gasteiger partial charge in [-0.25, -0.2) is 4.98 Å². The molecule has 0 saturated carbocycles. The number of carbonyl (C=O) groups is 1. The quantitative estimate of drug-likeness (QED) is 0.839. The Balaban J connectivity index is 1.62. The van der Waals surface area contributed by atoms with Gasteiger partial charge in [0.05, 0.1) is 12.3 Å². The third kappa shape index (κ3) is 5.08. The lowest BCUT2D eigenvalue weighted by molar-refractivity contribution is 0.0724. The van der Waals surface area contributed by atoms with Crippen LogP contribution in [0.4, 0.5) is 5.82 Å². The lowest BCUT2D eigenvalue weighted by atomic mass is 10.1. The van der Waals surface area contributed by atoms with Crippen LogP contribution < -0.4 is 5.32 Å². The molecule has 1 aliphatic rings. The predicted molar refractivity (Wildman–Crippen MR) is 96.4 cm³/mol. The van der Waals surface area contributed by atoms with Crippen molar-refractivity contribution in [1.29, 1.82) is 0 Å². The van der Waals surface area contributed by atoms with Crippen molar-refractivity contribution in [3.05, 3.63) is 54.0 Å². The monoisotopic (exact) mass is 340 g/mol. The summed E-state index contributed by atoms with van der Waals surface area (Å²) in [7, 11) is 0. The smallest absolute Gasteiger partial charge is 0.256 e. The number of carbonyl (C=O) groups excluding carboxylic acids is 1. The Kier molecular flexibility index (Phi) is 6.09. The molecule has 2 aromatic rings. The number of amides is 1. The van der Waals surface area contributed by atoms with E-state index >= 15 is 0 Å². The van der Waals surface area contributed by atoms with Gasteiger partial charge in [-0.2, -0.15) is 0 Å². The SMILES string of the molecule is CCN(Cc1cccc(C(=O)Nc2cnccn2)c1)C[C@@H]1CCCO1. The molecule has 0 radical (unpaired) electrons. The van der Waals surface area contributed by atoms with Gasteiger partial charge >= 0.3 is 0 Å². The van der Waals surface area contributed by atoms with Crippen LogP contribution in [0.5, 0.6) is 0 Å².